The van der Waals surface area contributed by atoms with Crippen LogP contribution in [0.2, 0.25) is 5.02 Å². The first-order chi connectivity index (χ1) is 6.98. The number of halogens is 1. The van der Waals surface area contributed by atoms with Crippen LogP contribution in [-0.2, 0) is 10.4 Å². The van der Waals surface area contributed by atoms with Gasteiger partial charge >= 0.3 is 5.97 Å². The molecule has 0 saturated carbocycles. The van der Waals surface area contributed by atoms with Crippen LogP contribution < -0.4 is 5.73 Å². The van der Waals surface area contributed by atoms with Gasteiger partial charge in [-0.2, -0.15) is 0 Å². The maximum Gasteiger partial charge on any atom is 0.306 e. The standard InChI is InChI=1S/C10H12ClNO3/c11-8-3-1-7(2-4-8)10(15,6-12)5-9(13)14/h1-4,15H,5-6,12H2,(H,13,14). The SMILES string of the molecule is NCC(O)(CC(=O)O)c1ccc(Cl)cc1. The molecule has 1 aromatic rings. The Morgan fingerprint density at radius 3 is 2.33 bits per heavy atom. The fourth-order valence-corrected chi connectivity index (χ4v) is 1.43. The summed E-state index contributed by atoms with van der Waals surface area (Å²) >= 11 is 5.68. The molecule has 1 atom stereocenters. The Kier molecular flexibility index (Phi) is 3.68. The maximum atomic E-state index is 10.6. The molecule has 4 nitrogen and oxygen atoms in total. The molecule has 15 heavy (non-hydrogen) atoms. The second-order valence-corrected chi connectivity index (χ2v) is 3.75. The van der Waals surface area contributed by atoms with Crippen LogP contribution in [0.4, 0.5) is 0 Å². The van der Waals surface area contributed by atoms with Crippen LogP contribution in [-0.4, -0.2) is 22.7 Å². The lowest BCUT2D eigenvalue weighted by Gasteiger charge is -2.25. The third kappa shape index (κ3) is 2.92. The second kappa shape index (κ2) is 4.61. The molecule has 0 aliphatic heterocycles. The van der Waals surface area contributed by atoms with Crippen molar-refractivity contribution < 1.29 is 15.0 Å². The molecule has 0 aromatic heterocycles. The predicted octanol–water partition coefficient (Wildman–Crippen LogP) is 0.961. The number of carbonyl (C=O) groups is 1. The van der Waals surface area contributed by atoms with E-state index < -0.39 is 18.0 Å². The summed E-state index contributed by atoms with van der Waals surface area (Å²) in [5, 5.41) is 19.2. The summed E-state index contributed by atoms with van der Waals surface area (Å²) in [5.74, 6) is -1.10. The highest BCUT2D eigenvalue weighted by Gasteiger charge is 2.30. The summed E-state index contributed by atoms with van der Waals surface area (Å²) in [6.07, 6.45) is -0.425. The zero-order valence-corrected chi connectivity index (χ0v) is 8.74. The molecule has 0 fully saturated rings. The molecule has 1 unspecified atom stereocenters. The molecule has 0 heterocycles. The van der Waals surface area contributed by atoms with Gasteiger partial charge < -0.3 is 15.9 Å². The highest BCUT2D eigenvalue weighted by Crippen LogP contribution is 2.25. The summed E-state index contributed by atoms with van der Waals surface area (Å²) in [6, 6.07) is 6.30. The Bertz CT molecular complexity index is 352. The fraction of sp³-hybridized carbons (Fsp3) is 0.300. The third-order valence-electron chi connectivity index (χ3n) is 2.16. The van der Waals surface area contributed by atoms with Gasteiger partial charge in [-0.05, 0) is 17.7 Å². The molecular formula is C10H12ClNO3. The molecule has 0 aliphatic carbocycles. The number of hydrogen-bond donors (Lipinski definition) is 3. The summed E-state index contributed by atoms with van der Waals surface area (Å²) in [7, 11) is 0. The van der Waals surface area contributed by atoms with Crippen molar-refractivity contribution in [3.63, 3.8) is 0 Å². The van der Waals surface area contributed by atoms with Gasteiger partial charge in [0.2, 0.25) is 0 Å². The van der Waals surface area contributed by atoms with Crippen LogP contribution in [0.1, 0.15) is 12.0 Å². The Morgan fingerprint density at radius 2 is 1.93 bits per heavy atom. The highest BCUT2D eigenvalue weighted by molar-refractivity contribution is 6.30. The molecule has 1 aromatic carbocycles. The maximum absolute atomic E-state index is 10.6. The number of aliphatic carboxylic acids is 1. The fourth-order valence-electron chi connectivity index (χ4n) is 1.30. The normalized spacial score (nSPS) is 14.6. The molecule has 0 radical (unpaired) electrons. The van der Waals surface area contributed by atoms with Crippen LogP contribution in [0.5, 0.6) is 0 Å². The van der Waals surface area contributed by atoms with E-state index in [0.717, 1.165) is 0 Å². The Hall–Kier alpha value is -1.10. The highest BCUT2D eigenvalue weighted by atomic mass is 35.5. The van der Waals surface area contributed by atoms with Crippen LogP contribution in [0, 0.1) is 0 Å². The van der Waals surface area contributed by atoms with Gasteiger partial charge in [0.05, 0.1) is 6.42 Å². The Labute approximate surface area is 92.3 Å². The zero-order chi connectivity index (χ0) is 11.5. The summed E-state index contributed by atoms with van der Waals surface area (Å²) in [6.45, 7) is -0.152. The molecule has 0 amide bonds. The van der Waals surface area contributed by atoms with Crippen LogP contribution in [0.3, 0.4) is 0 Å². The van der Waals surface area contributed by atoms with Gasteiger partial charge in [-0.1, -0.05) is 23.7 Å². The molecule has 0 bridgehead atoms. The van der Waals surface area contributed by atoms with Crippen LogP contribution in [0.25, 0.3) is 0 Å². The molecule has 4 N–H and O–H groups in total. The van der Waals surface area contributed by atoms with Crippen molar-refractivity contribution in [3.05, 3.63) is 34.9 Å². The number of nitrogens with two attached hydrogens (primary N) is 1. The number of hydrogen-bond acceptors (Lipinski definition) is 3. The van der Waals surface area contributed by atoms with Crippen molar-refractivity contribution in [1.29, 1.82) is 0 Å². The third-order valence-corrected chi connectivity index (χ3v) is 2.41. The van der Waals surface area contributed by atoms with Gasteiger partial charge in [0.1, 0.15) is 5.60 Å². The molecule has 82 valence electrons. The second-order valence-electron chi connectivity index (χ2n) is 3.31. The van der Waals surface area contributed by atoms with Gasteiger partial charge in [-0.3, -0.25) is 4.79 Å². The Balaban J connectivity index is 3.00. The first-order valence-electron chi connectivity index (χ1n) is 4.38. The summed E-state index contributed by atoms with van der Waals surface area (Å²) in [5.41, 5.74) is 4.30. The van der Waals surface area contributed by atoms with E-state index >= 15 is 0 Å². The smallest absolute Gasteiger partial charge is 0.306 e. The van der Waals surface area contributed by atoms with Crippen molar-refractivity contribution in [3.8, 4) is 0 Å². The van der Waals surface area contributed by atoms with Crippen molar-refractivity contribution in [2.24, 2.45) is 5.73 Å². The van der Waals surface area contributed by atoms with Crippen molar-refractivity contribution in [1.82, 2.24) is 0 Å². The van der Waals surface area contributed by atoms with E-state index in [4.69, 9.17) is 22.4 Å². The van der Waals surface area contributed by atoms with Crippen LogP contribution in [0.15, 0.2) is 24.3 Å². The average molecular weight is 230 g/mol. The number of aliphatic hydroxyl groups is 1. The first kappa shape index (κ1) is 12.0. The average Bonchev–Trinajstić information content (AvgIpc) is 2.17. The van der Waals surface area contributed by atoms with E-state index in [2.05, 4.69) is 0 Å². The van der Waals surface area contributed by atoms with Crippen molar-refractivity contribution >= 4 is 17.6 Å². The molecule has 0 aliphatic rings. The van der Waals surface area contributed by atoms with Gasteiger partial charge in [0.25, 0.3) is 0 Å². The van der Waals surface area contributed by atoms with E-state index in [1.807, 2.05) is 0 Å². The minimum atomic E-state index is -1.53. The van der Waals surface area contributed by atoms with Crippen molar-refractivity contribution in [2.75, 3.05) is 6.54 Å². The van der Waals surface area contributed by atoms with E-state index in [-0.39, 0.29) is 6.54 Å². The predicted molar refractivity (Wildman–Crippen MR) is 56.7 cm³/mol. The van der Waals surface area contributed by atoms with Gasteiger partial charge in [0.15, 0.2) is 0 Å². The number of carboxylic acids is 1. The first-order valence-corrected chi connectivity index (χ1v) is 4.76. The summed E-state index contributed by atoms with van der Waals surface area (Å²) in [4.78, 5) is 10.6. The number of benzene rings is 1. The largest absolute Gasteiger partial charge is 0.481 e. The molecule has 5 heteroatoms. The number of carboxylic acid groups (broad SMARTS) is 1. The van der Waals surface area contributed by atoms with Gasteiger partial charge in [-0.15, -0.1) is 0 Å². The van der Waals surface area contributed by atoms with Gasteiger partial charge in [-0.25, -0.2) is 0 Å². The van der Waals surface area contributed by atoms with Gasteiger partial charge in [0, 0.05) is 11.6 Å². The molecule has 0 saturated heterocycles. The molecule has 1 rings (SSSR count). The lowest BCUT2D eigenvalue weighted by Crippen LogP contribution is -2.37. The summed E-state index contributed by atoms with van der Waals surface area (Å²) < 4.78 is 0. The molecular weight excluding hydrogens is 218 g/mol. The van der Waals surface area contributed by atoms with Crippen molar-refractivity contribution in [2.45, 2.75) is 12.0 Å². The lowest BCUT2D eigenvalue weighted by molar-refractivity contribution is -0.142. The minimum absolute atomic E-state index is 0.152. The Morgan fingerprint density at radius 1 is 1.40 bits per heavy atom. The zero-order valence-electron chi connectivity index (χ0n) is 7.98. The van der Waals surface area contributed by atoms with E-state index in [9.17, 15) is 9.90 Å². The number of rotatable bonds is 4. The lowest BCUT2D eigenvalue weighted by atomic mass is 9.91. The van der Waals surface area contributed by atoms with E-state index in [0.29, 0.717) is 10.6 Å². The topological polar surface area (TPSA) is 83.5 Å². The minimum Gasteiger partial charge on any atom is -0.481 e. The van der Waals surface area contributed by atoms with Crippen LogP contribution >= 0.6 is 11.6 Å². The van der Waals surface area contributed by atoms with E-state index in [1.54, 1.807) is 24.3 Å². The monoisotopic (exact) mass is 229 g/mol. The van der Waals surface area contributed by atoms with E-state index in [1.165, 1.54) is 0 Å². The quantitative estimate of drug-likeness (QED) is 0.718. The molecule has 0 spiro atoms.